The first kappa shape index (κ1) is 12.9. The molecule has 3 atom stereocenters. The summed E-state index contributed by atoms with van der Waals surface area (Å²) < 4.78 is 0. The van der Waals surface area contributed by atoms with Crippen LogP contribution in [0, 0.1) is 11.8 Å². The molecular weight excluding hydrogens is 212 g/mol. The predicted molar refractivity (Wildman–Crippen MR) is 69.8 cm³/mol. The molecule has 2 rings (SSSR count). The van der Waals surface area contributed by atoms with Crippen molar-refractivity contribution in [3.63, 3.8) is 0 Å². The van der Waals surface area contributed by atoms with Crippen molar-refractivity contribution in [1.82, 2.24) is 10.2 Å². The minimum Gasteiger partial charge on any atom is -0.342 e. The van der Waals surface area contributed by atoms with E-state index in [1.165, 1.54) is 19.3 Å². The highest BCUT2D eigenvalue weighted by Crippen LogP contribution is 2.33. The van der Waals surface area contributed by atoms with E-state index in [9.17, 15) is 4.79 Å². The molecule has 0 aromatic heterocycles. The second kappa shape index (κ2) is 5.85. The third-order valence-corrected chi connectivity index (χ3v) is 4.62. The standard InChI is InChI=1S/C14H26N2O/c1-11-5-3-7-13(11)14(17)16(2)12-6-4-9-15-10-8-12/h11-13,15H,3-10H2,1-2H3. The third kappa shape index (κ3) is 3.01. The lowest BCUT2D eigenvalue weighted by atomic mass is 9.95. The van der Waals surface area contributed by atoms with Crippen LogP contribution >= 0.6 is 0 Å². The van der Waals surface area contributed by atoms with Gasteiger partial charge in [0, 0.05) is 19.0 Å². The summed E-state index contributed by atoms with van der Waals surface area (Å²) in [5.41, 5.74) is 0. The Balaban J connectivity index is 1.93. The number of rotatable bonds is 2. The van der Waals surface area contributed by atoms with Gasteiger partial charge in [0.1, 0.15) is 0 Å². The average Bonchev–Trinajstić information content (AvgIpc) is 2.60. The number of carbonyl (C=O) groups is 1. The van der Waals surface area contributed by atoms with Crippen LogP contribution in [0.5, 0.6) is 0 Å². The Morgan fingerprint density at radius 2 is 1.94 bits per heavy atom. The molecule has 3 heteroatoms. The summed E-state index contributed by atoms with van der Waals surface area (Å²) in [5, 5.41) is 3.41. The van der Waals surface area contributed by atoms with E-state index in [1.807, 2.05) is 7.05 Å². The molecule has 2 aliphatic rings. The lowest BCUT2D eigenvalue weighted by Crippen LogP contribution is -2.41. The zero-order valence-corrected chi connectivity index (χ0v) is 11.2. The van der Waals surface area contributed by atoms with Crippen molar-refractivity contribution in [1.29, 1.82) is 0 Å². The summed E-state index contributed by atoms with van der Waals surface area (Å²) in [6.07, 6.45) is 7.05. The molecule has 98 valence electrons. The molecule has 3 nitrogen and oxygen atoms in total. The Morgan fingerprint density at radius 3 is 2.65 bits per heavy atom. The van der Waals surface area contributed by atoms with E-state index in [4.69, 9.17) is 0 Å². The molecule has 2 fully saturated rings. The summed E-state index contributed by atoms with van der Waals surface area (Å²) in [6.45, 7) is 4.40. The van der Waals surface area contributed by atoms with Crippen molar-refractivity contribution in [2.45, 2.75) is 51.5 Å². The lowest BCUT2D eigenvalue weighted by Gasteiger charge is -2.30. The number of amides is 1. The Hall–Kier alpha value is -0.570. The zero-order chi connectivity index (χ0) is 12.3. The maximum Gasteiger partial charge on any atom is 0.225 e. The Morgan fingerprint density at radius 1 is 1.12 bits per heavy atom. The molecule has 0 bridgehead atoms. The summed E-state index contributed by atoms with van der Waals surface area (Å²) in [6, 6.07) is 0.463. The number of nitrogens with zero attached hydrogens (tertiary/aromatic N) is 1. The van der Waals surface area contributed by atoms with Crippen LogP contribution in [0.15, 0.2) is 0 Å². The van der Waals surface area contributed by atoms with Gasteiger partial charge in [0.2, 0.25) is 5.91 Å². The average molecular weight is 238 g/mol. The highest BCUT2D eigenvalue weighted by molar-refractivity contribution is 5.79. The minimum absolute atomic E-state index is 0.302. The van der Waals surface area contributed by atoms with Gasteiger partial charge in [-0.3, -0.25) is 4.79 Å². The van der Waals surface area contributed by atoms with Crippen molar-refractivity contribution in [3.05, 3.63) is 0 Å². The number of nitrogens with one attached hydrogen (secondary N) is 1. The predicted octanol–water partition coefficient (Wildman–Crippen LogP) is 2.02. The van der Waals surface area contributed by atoms with E-state index in [0.29, 0.717) is 23.8 Å². The molecular formula is C14H26N2O. The fourth-order valence-electron chi connectivity index (χ4n) is 3.34. The molecule has 0 radical (unpaired) electrons. The van der Waals surface area contributed by atoms with Gasteiger partial charge >= 0.3 is 0 Å². The number of hydrogen-bond acceptors (Lipinski definition) is 2. The summed E-state index contributed by atoms with van der Waals surface area (Å²) >= 11 is 0. The van der Waals surface area contributed by atoms with Crippen molar-refractivity contribution in [2.75, 3.05) is 20.1 Å². The van der Waals surface area contributed by atoms with Crippen LogP contribution < -0.4 is 5.32 Å². The van der Waals surface area contributed by atoms with Crippen molar-refractivity contribution in [2.24, 2.45) is 11.8 Å². The van der Waals surface area contributed by atoms with E-state index in [0.717, 1.165) is 32.4 Å². The summed E-state index contributed by atoms with van der Waals surface area (Å²) in [7, 11) is 2.02. The molecule has 17 heavy (non-hydrogen) atoms. The van der Waals surface area contributed by atoms with Crippen LogP contribution in [-0.4, -0.2) is 37.0 Å². The smallest absolute Gasteiger partial charge is 0.225 e. The van der Waals surface area contributed by atoms with Gasteiger partial charge in [-0.05, 0) is 51.1 Å². The molecule has 1 saturated carbocycles. The fraction of sp³-hybridized carbons (Fsp3) is 0.929. The Bertz CT molecular complexity index is 259. The Kier molecular flexibility index (Phi) is 4.43. The van der Waals surface area contributed by atoms with E-state index >= 15 is 0 Å². The largest absolute Gasteiger partial charge is 0.342 e. The second-order valence-electron chi connectivity index (χ2n) is 5.80. The van der Waals surface area contributed by atoms with Crippen LogP contribution in [0.1, 0.15) is 45.4 Å². The van der Waals surface area contributed by atoms with E-state index < -0.39 is 0 Å². The highest BCUT2D eigenvalue weighted by atomic mass is 16.2. The van der Waals surface area contributed by atoms with E-state index in [2.05, 4.69) is 17.1 Å². The first-order valence-electron chi connectivity index (χ1n) is 7.17. The summed E-state index contributed by atoms with van der Waals surface area (Å²) in [5.74, 6) is 1.30. The van der Waals surface area contributed by atoms with Crippen molar-refractivity contribution >= 4 is 5.91 Å². The van der Waals surface area contributed by atoms with E-state index in [1.54, 1.807) is 0 Å². The molecule has 3 unspecified atom stereocenters. The zero-order valence-electron chi connectivity index (χ0n) is 11.2. The number of hydrogen-bond donors (Lipinski definition) is 1. The monoisotopic (exact) mass is 238 g/mol. The molecule has 1 aliphatic heterocycles. The van der Waals surface area contributed by atoms with Gasteiger partial charge in [-0.1, -0.05) is 13.3 Å². The van der Waals surface area contributed by atoms with Crippen LogP contribution in [0.25, 0.3) is 0 Å². The minimum atomic E-state index is 0.302. The third-order valence-electron chi connectivity index (χ3n) is 4.62. The molecule has 1 N–H and O–H groups in total. The topological polar surface area (TPSA) is 32.3 Å². The van der Waals surface area contributed by atoms with Gasteiger partial charge in [0.05, 0.1) is 0 Å². The highest BCUT2D eigenvalue weighted by Gasteiger charge is 2.33. The van der Waals surface area contributed by atoms with Gasteiger partial charge in [0.15, 0.2) is 0 Å². The SMILES string of the molecule is CC1CCCC1C(=O)N(C)C1CCCNCC1. The molecule has 1 heterocycles. The van der Waals surface area contributed by atoms with Gasteiger partial charge in [-0.25, -0.2) is 0 Å². The van der Waals surface area contributed by atoms with Crippen LogP contribution in [0.4, 0.5) is 0 Å². The van der Waals surface area contributed by atoms with E-state index in [-0.39, 0.29) is 0 Å². The van der Waals surface area contributed by atoms with Gasteiger partial charge < -0.3 is 10.2 Å². The second-order valence-corrected chi connectivity index (χ2v) is 5.80. The fourth-order valence-corrected chi connectivity index (χ4v) is 3.34. The van der Waals surface area contributed by atoms with Crippen LogP contribution in [0.3, 0.4) is 0 Å². The summed E-state index contributed by atoms with van der Waals surface area (Å²) in [4.78, 5) is 14.5. The van der Waals surface area contributed by atoms with Gasteiger partial charge in [0.25, 0.3) is 0 Å². The molecule has 1 aliphatic carbocycles. The first-order valence-corrected chi connectivity index (χ1v) is 7.17. The molecule has 1 saturated heterocycles. The van der Waals surface area contributed by atoms with Gasteiger partial charge in [-0.2, -0.15) is 0 Å². The number of carbonyl (C=O) groups excluding carboxylic acids is 1. The maximum absolute atomic E-state index is 12.5. The van der Waals surface area contributed by atoms with Crippen LogP contribution in [-0.2, 0) is 4.79 Å². The molecule has 0 aromatic rings. The lowest BCUT2D eigenvalue weighted by molar-refractivity contribution is -0.137. The van der Waals surface area contributed by atoms with Crippen molar-refractivity contribution < 1.29 is 4.79 Å². The van der Waals surface area contributed by atoms with Gasteiger partial charge in [-0.15, -0.1) is 0 Å². The first-order chi connectivity index (χ1) is 8.20. The quantitative estimate of drug-likeness (QED) is 0.798. The van der Waals surface area contributed by atoms with Crippen molar-refractivity contribution in [3.8, 4) is 0 Å². The molecule has 0 aromatic carbocycles. The van der Waals surface area contributed by atoms with Crippen LogP contribution in [0.2, 0.25) is 0 Å². The Labute approximate surface area is 105 Å². The molecule has 0 spiro atoms. The maximum atomic E-state index is 12.5. The normalized spacial score (nSPS) is 34.4. The molecule has 1 amide bonds.